The Morgan fingerprint density at radius 3 is 3.00 bits per heavy atom. The first kappa shape index (κ1) is 11.7. The number of nitrogens with zero attached hydrogens (tertiary/aromatic N) is 1. The molecule has 0 radical (unpaired) electrons. The van der Waals surface area contributed by atoms with Gasteiger partial charge in [-0.3, -0.25) is 0 Å². The summed E-state index contributed by atoms with van der Waals surface area (Å²) in [5, 5.41) is 0.816. The van der Waals surface area contributed by atoms with Crippen LogP contribution in [0.5, 0.6) is 0 Å². The largest absolute Gasteiger partial charge is 0.368 e. The van der Waals surface area contributed by atoms with Gasteiger partial charge in [0.1, 0.15) is 0 Å². The highest BCUT2D eigenvalue weighted by atomic mass is 35.5. The van der Waals surface area contributed by atoms with E-state index in [1.807, 2.05) is 12.1 Å². The Balaban J connectivity index is 2.22. The number of rotatable bonds is 3. The minimum atomic E-state index is 0.616. The van der Waals surface area contributed by atoms with Crippen molar-refractivity contribution in [3.63, 3.8) is 0 Å². The summed E-state index contributed by atoms with van der Waals surface area (Å²) in [5.41, 5.74) is 8.24. The maximum absolute atomic E-state index is 5.98. The molecule has 2 N–H and O–H groups in total. The third-order valence-electron chi connectivity index (χ3n) is 3.35. The summed E-state index contributed by atoms with van der Waals surface area (Å²) in [6.45, 7) is 4.04. The lowest BCUT2D eigenvalue weighted by Crippen LogP contribution is -2.31. The predicted molar refractivity (Wildman–Crippen MR) is 70.2 cm³/mol. The van der Waals surface area contributed by atoms with E-state index in [0.29, 0.717) is 6.04 Å². The van der Waals surface area contributed by atoms with Crippen LogP contribution in [-0.2, 0) is 0 Å². The van der Waals surface area contributed by atoms with Crippen molar-refractivity contribution in [1.82, 2.24) is 0 Å². The molecule has 88 valence electrons. The van der Waals surface area contributed by atoms with Crippen LogP contribution >= 0.6 is 11.6 Å². The summed E-state index contributed by atoms with van der Waals surface area (Å²) in [4.78, 5) is 2.48. The number of halogens is 1. The van der Waals surface area contributed by atoms with Gasteiger partial charge in [-0.1, -0.05) is 11.6 Å². The second-order valence-corrected chi connectivity index (χ2v) is 4.93. The van der Waals surface area contributed by atoms with E-state index in [4.69, 9.17) is 17.3 Å². The van der Waals surface area contributed by atoms with E-state index < -0.39 is 0 Å². The maximum Gasteiger partial charge on any atom is 0.0410 e. The quantitative estimate of drug-likeness (QED) is 0.877. The van der Waals surface area contributed by atoms with Crippen LogP contribution in [0.25, 0.3) is 0 Å². The second-order valence-electron chi connectivity index (χ2n) is 4.50. The highest BCUT2D eigenvalue weighted by Gasteiger charge is 2.24. The number of aryl methyl sites for hydroxylation is 1. The molecule has 1 unspecified atom stereocenters. The van der Waals surface area contributed by atoms with Crippen molar-refractivity contribution in [3.05, 3.63) is 28.8 Å². The zero-order valence-corrected chi connectivity index (χ0v) is 10.5. The molecule has 3 heteroatoms. The van der Waals surface area contributed by atoms with Gasteiger partial charge in [-0.2, -0.15) is 0 Å². The van der Waals surface area contributed by atoms with Gasteiger partial charge in [-0.05, 0) is 56.5 Å². The van der Waals surface area contributed by atoms with Gasteiger partial charge in [0.05, 0.1) is 0 Å². The van der Waals surface area contributed by atoms with E-state index in [1.54, 1.807) is 0 Å². The number of anilines is 1. The molecule has 0 spiro atoms. The summed E-state index contributed by atoms with van der Waals surface area (Å²) in [5.74, 6) is 0. The first-order valence-corrected chi connectivity index (χ1v) is 6.33. The SMILES string of the molecule is Cc1cc(Cl)ccc1N1CCCC1CCN. The van der Waals surface area contributed by atoms with Crippen molar-refractivity contribution in [2.24, 2.45) is 5.73 Å². The molecular formula is C13H19ClN2. The maximum atomic E-state index is 5.98. The van der Waals surface area contributed by atoms with Gasteiger partial charge in [0.2, 0.25) is 0 Å². The summed E-state index contributed by atoms with van der Waals surface area (Å²) in [6.07, 6.45) is 3.62. The van der Waals surface area contributed by atoms with E-state index >= 15 is 0 Å². The Morgan fingerprint density at radius 2 is 2.31 bits per heavy atom. The molecule has 2 rings (SSSR count). The molecule has 1 saturated heterocycles. The van der Waals surface area contributed by atoms with Gasteiger partial charge in [0.15, 0.2) is 0 Å². The average molecular weight is 239 g/mol. The van der Waals surface area contributed by atoms with Crippen LogP contribution in [0.3, 0.4) is 0 Å². The fourth-order valence-electron chi connectivity index (χ4n) is 2.59. The minimum Gasteiger partial charge on any atom is -0.368 e. The van der Waals surface area contributed by atoms with Gasteiger partial charge in [-0.15, -0.1) is 0 Å². The molecule has 2 nitrogen and oxygen atoms in total. The van der Waals surface area contributed by atoms with E-state index in [2.05, 4.69) is 17.9 Å². The lowest BCUT2D eigenvalue weighted by molar-refractivity contribution is 0.618. The lowest BCUT2D eigenvalue weighted by atomic mass is 10.1. The molecule has 1 aliphatic rings. The molecule has 1 aromatic carbocycles. The Labute approximate surface area is 102 Å². The third kappa shape index (κ3) is 2.33. The van der Waals surface area contributed by atoms with E-state index in [-0.39, 0.29) is 0 Å². The molecule has 1 fully saturated rings. The Kier molecular flexibility index (Phi) is 3.72. The topological polar surface area (TPSA) is 29.3 Å². The normalized spacial score (nSPS) is 20.4. The fourth-order valence-corrected chi connectivity index (χ4v) is 2.81. The first-order valence-electron chi connectivity index (χ1n) is 5.95. The van der Waals surface area contributed by atoms with Crippen LogP contribution in [0.4, 0.5) is 5.69 Å². The molecule has 1 aromatic rings. The standard InChI is InChI=1S/C13H19ClN2/c1-10-9-11(14)4-5-13(10)16-8-2-3-12(16)6-7-15/h4-5,9,12H,2-3,6-8,15H2,1H3. The molecule has 16 heavy (non-hydrogen) atoms. The van der Waals surface area contributed by atoms with E-state index in [9.17, 15) is 0 Å². The number of nitrogens with two attached hydrogens (primary N) is 1. The molecule has 0 bridgehead atoms. The van der Waals surface area contributed by atoms with Crippen LogP contribution < -0.4 is 10.6 Å². The number of hydrogen-bond donors (Lipinski definition) is 1. The molecule has 0 amide bonds. The van der Waals surface area contributed by atoms with Gasteiger partial charge in [-0.25, -0.2) is 0 Å². The summed E-state index contributed by atoms with van der Waals surface area (Å²) >= 11 is 5.98. The van der Waals surface area contributed by atoms with Gasteiger partial charge < -0.3 is 10.6 Å². The lowest BCUT2D eigenvalue weighted by Gasteiger charge is -2.28. The van der Waals surface area contributed by atoms with Crippen LogP contribution in [-0.4, -0.2) is 19.1 Å². The average Bonchev–Trinajstić information content (AvgIpc) is 2.67. The molecular weight excluding hydrogens is 220 g/mol. The Hall–Kier alpha value is -0.730. The van der Waals surface area contributed by atoms with Crippen molar-refractivity contribution in [2.45, 2.75) is 32.2 Å². The smallest absolute Gasteiger partial charge is 0.0410 e. The van der Waals surface area contributed by atoms with Crippen molar-refractivity contribution in [2.75, 3.05) is 18.0 Å². The van der Waals surface area contributed by atoms with Crippen LogP contribution in [0.1, 0.15) is 24.8 Å². The first-order chi connectivity index (χ1) is 7.72. The predicted octanol–water partition coefficient (Wildman–Crippen LogP) is 2.97. The van der Waals surface area contributed by atoms with Crippen LogP contribution in [0.15, 0.2) is 18.2 Å². The molecule has 1 atom stereocenters. The zero-order valence-electron chi connectivity index (χ0n) is 9.75. The van der Waals surface area contributed by atoms with Crippen molar-refractivity contribution in [3.8, 4) is 0 Å². The second kappa shape index (κ2) is 5.07. The molecule has 0 aromatic heterocycles. The Morgan fingerprint density at radius 1 is 1.50 bits per heavy atom. The summed E-state index contributed by atoms with van der Waals surface area (Å²) < 4.78 is 0. The summed E-state index contributed by atoms with van der Waals surface area (Å²) in [6, 6.07) is 6.76. The van der Waals surface area contributed by atoms with Gasteiger partial charge >= 0.3 is 0 Å². The number of hydrogen-bond acceptors (Lipinski definition) is 2. The summed E-state index contributed by atoms with van der Waals surface area (Å²) in [7, 11) is 0. The molecule has 0 aliphatic carbocycles. The van der Waals surface area contributed by atoms with Crippen molar-refractivity contribution < 1.29 is 0 Å². The highest BCUT2D eigenvalue weighted by Crippen LogP contribution is 2.31. The zero-order chi connectivity index (χ0) is 11.5. The number of benzene rings is 1. The Bertz CT molecular complexity index is 365. The molecule has 1 heterocycles. The van der Waals surface area contributed by atoms with Gasteiger partial charge in [0, 0.05) is 23.3 Å². The van der Waals surface area contributed by atoms with Crippen molar-refractivity contribution >= 4 is 17.3 Å². The van der Waals surface area contributed by atoms with Gasteiger partial charge in [0.25, 0.3) is 0 Å². The highest BCUT2D eigenvalue weighted by molar-refractivity contribution is 6.30. The third-order valence-corrected chi connectivity index (χ3v) is 3.58. The van der Waals surface area contributed by atoms with E-state index in [0.717, 1.165) is 24.5 Å². The monoisotopic (exact) mass is 238 g/mol. The van der Waals surface area contributed by atoms with E-state index in [1.165, 1.54) is 24.1 Å². The van der Waals surface area contributed by atoms with Crippen LogP contribution in [0, 0.1) is 6.92 Å². The molecule has 1 aliphatic heterocycles. The fraction of sp³-hybridized carbons (Fsp3) is 0.538. The van der Waals surface area contributed by atoms with Crippen LogP contribution in [0.2, 0.25) is 5.02 Å². The minimum absolute atomic E-state index is 0.616. The molecule has 0 saturated carbocycles. The van der Waals surface area contributed by atoms with Crippen molar-refractivity contribution in [1.29, 1.82) is 0 Å².